The summed E-state index contributed by atoms with van der Waals surface area (Å²) >= 11 is 3.60. The van der Waals surface area contributed by atoms with Crippen molar-refractivity contribution in [3.63, 3.8) is 0 Å². The first kappa shape index (κ1) is 17.7. The maximum atomic E-state index is 5.48. The van der Waals surface area contributed by atoms with Gasteiger partial charge in [-0.05, 0) is 102 Å². The summed E-state index contributed by atoms with van der Waals surface area (Å²) in [4.78, 5) is 0. The first-order chi connectivity index (χ1) is 12.0. The van der Waals surface area contributed by atoms with Gasteiger partial charge in [-0.1, -0.05) is 0 Å². The molecule has 0 unspecified atom stereocenters. The van der Waals surface area contributed by atoms with Crippen LogP contribution in [0.4, 0.5) is 0 Å². The zero-order valence-electron chi connectivity index (χ0n) is 15.6. The van der Waals surface area contributed by atoms with Gasteiger partial charge in [0.1, 0.15) is 0 Å². The molecule has 1 atom stereocenters. The number of benzene rings is 1. The molecule has 0 radical (unpaired) electrons. The fraction of sp³-hybridized carbons (Fsp3) is 0.714. The van der Waals surface area contributed by atoms with Gasteiger partial charge in [-0.3, -0.25) is 0 Å². The van der Waals surface area contributed by atoms with Crippen LogP contribution in [-0.2, 0) is 6.54 Å². The van der Waals surface area contributed by atoms with Crippen molar-refractivity contribution in [1.82, 2.24) is 5.32 Å². The molecule has 4 saturated carbocycles. The van der Waals surface area contributed by atoms with Crippen LogP contribution in [0.3, 0.4) is 0 Å². The van der Waals surface area contributed by atoms with Gasteiger partial charge in [0.15, 0.2) is 11.5 Å². The van der Waals surface area contributed by atoms with E-state index in [0.717, 1.165) is 40.3 Å². The second-order valence-electron chi connectivity index (χ2n) is 8.70. The fourth-order valence-electron chi connectivity index (χ4n) is 6.27. The first-order valence-electron chi connectivity index (χ1n) is 9.67. The molecule has 1 aromatic rings. The molecule has 5 rings (SSSR count). The van der Waals surface area contributed by atoms with E-state index in [-0.39, 0.29) is 0 Å². The molecule has 0 aromatic heterocycles. The number of halogens is 1. The average Bonchev–Trinajstić information content (AvgIpc) is 2.57. The monoisotopic (exact) mass is 407 g/mol. The molecular formula is C21H30BrNO2. The van der Waals surface area contributed by atoms with Crippen LogP contribution in [0.1, 0.15) is 51.0 Å². The van der Waals surface area contributed by atoms with Crippen molar-refractivity contribution >= 4 is 15.9 Å². The number of hydrogen-bond donors (Lipinski definition) is 1. The zero-order valence-corrected chi connectivity index (χ0v) is 17.2. The summed E-state index contributed by atoms with van der Waals surface area (Å²) < 4.78 is 11.9. The van der Waals surface area contributed by atoms with Gasteiger partial charge in [-0.25, -0.2) is 0 Å². The van der Waals surface area contributed by atoms with E-state index >= 15 is 0 Å². The van der Waals surface area contributed by atoms with Crippen LogP contribution in [0.25, 0.3) is 0 Å². The van der Waals surface area contributed by atoms with Crippen LogP contribution >= 0.6 is 15.9 Å². The number of ether oxygens (including phenoxy) is 2. The molecule has 0 amide bonds. The third-order valence-electron chi connectivity index (χ3n) is 7.11. The molecule has 0 heterocycles. The van der Waals surface area contributed by atoms with Gasteiger partial charge in [0, 0.05) is 12.6 Å². The molecule has 25 heavy (non-hydrogen) atoms. The lowest BCUT2D eigenvalue weighted by Gasteiger charge is -2.59. The van der Waals surface area contributed by atoms with Crippen molar-refractivity contribution in [3.05, 3.63) is 22.2 Å². The van der Waals surface area contributed by atoms with E-state index in [2.05, 4.69) is 40.3 Å². The van der Waals surface area contributed by atoms with Gasteiger partial charge in [0.05, 0.1) is 18.7 Å². The Morgan fingerprint density at radius 3 is 2.20 bits per heavy atom. The van der Waals surface area contributed by atoms with E-state index in [4.69, 9.17) is 9.47 Å². The lowest BCUT2D eigenvalue weighted by Crippen LogP contribution is -2.54. The third-order valence-corrected chi connectivity index (χ3v) is 7.70. The fourth-order valence-corrected chi connectivity index (χ4v) is 6.92. The van der Waals surface area contributed by atoms with Crippen molar-refractivity contribution in [2.24, 2.45) is 23.2 Å². The van der Waals surface area contributed by atoms with Gasteiger partial charge in [0.2, 0.25) is 0 Å². The predicted molar refractivity (Wildman–Crippen MR) is 104 cm³/mol. The lowest BCUT2D eigenvalue weighted by molar-refractivity contribution is -0.0706. The first-order valence-corrected chi connectivity index (χ1v) is 10.5. The summed E-state index contributed by atoms with van der Waals surface area (Å²) in [7, 11) is 3.37. The summed E-state index contributed by atoms with van der Waals surface area (Å²) in [6, 6.07) is 4.80. The largest absolute Gasteiger partial charge is 0.493 e. The van der Waals surface area contributed by atoms with Gasteiger partial charge in [-0.15, -0.1) is 0 Å². The topological polar surface area (TPSA) is 30.5 Å². The normalized spacial score (nSPS) is 34.2. The molecule has 4 bridgehead atoms. The molecular weight excluding hydrogens is 378 g/mol. The van der Waals surface area contributed by atoms with Crippen LogP contribution in [0.5, 0.6) is 11.5 Å². The maximum absolute atomic E-state index is 5.48. The number of rotatable bonds is 6. The van der Waals surface area contributed by atoms with E-state index in [0.29, 0.717) is 11.5 Å². The zero-order chi connectivity index (χ0) is 17.6. The molecule has 4 aliphatic carbocycles. The van der Waals surface area contributed by atoms with E-state index in [1.54, 1.807) is 14.2 Å². The minimum atomic E-state index is 0.544. The van der Waals surface area contributed by atoms with Crippen molar-refractivity contribution in [2.75, 3.05) is 14.2 Å². The molecule has 0 aliphatic heterocycles. The van der Waals surface area contributed by atoms with Crippen LogP contribution < -0.4 is 14.8 Å². The highest BCUT2D eigenvalue weighted by molar-refractivity contribution is 9.10. The smallest absolute Gasteiger partial charge is 0.174 e. The van der Waals surface area contributed by atoms with Gasteiger partial charge in [-0.2, -0.15) is 0 Å². The SMILES string of the molecule is COc1cc(CN[C@H](C)C23CC4CC(CC(C4)C2)C3)cc(Br)c1OC. The quantitative estimate of drug-likeness (QED) is 0.705. The molecule has 4 fully saturated rings. The summed E-state index contributed by atoms with van der Waals surface area (Å²) in [6.45, 7) is 3.30. The summed E-state index contributed by atoms with van der Waals surface area (Å²) in [5.41, 5.74) is 1.78. The Hall–Kier alpha value is -0.740. The van der Waals surface area contributed by atoms with E-state index < -0.39 is 0 Å². The molecule has 4 heteroatoms. The standard InChI is InChI=1S/C21H30BrNO2/c1-13(21-9-14-4-15(10-21)6-16(5-14)11-21)23-12-17-7-18(22)20(25-3)19(8-17)24-2/h7-8,13-16,23H,4-6,9-12H2,1-3H3/t13-,14?,15?,16?,21?/m1/s1. The molecule has 3 nitrogen and oxygen atoms in total. The van der Waals surface area contributed by atoms with Crippen LogP contribution in [0, 0.1) is 23.2 Å². The van der Waals surface area contributed by atoms with Crippen molar-refractivity contribution < 1.29 is 9.47 Å². The molecule has 1 N–H and O–H groups in total. The molecule has 1 aromatic carbocycles. The Bertz CT molecular complexity index is 610. The molecule has 138 valence electrons. The highest BCUT2D eigenvalue weighted by Gasteiger charge is 2.52. The number of nitrogens with one attached hydrogen (secondary N) is 1. The highest BCUT2D eigenvalue weighted by atomic mass is 79.9. The van der Waals surface area contributed by atoms with Crippen molar-refractivity contribution in [3.8, 4) is 11.5 Å². The van der Waals surface area contributed by atoms with Crippen molar-refractivity contribution in [1.29, 1.82) is 0 Å². The summed E-state index contributed by atoms with van der Waals surface area (Å²) in [5.74, 6) is 4.57. The van der Waals surface area contributed by atoms with Crippen LogP contribution in [0.15, 0.2) is 16.6 Å². The van der Waals surface area contributed by atoms with Gasteiger partial charge < -0.3 is 14.8 Å². The Labute approximate surface area is 160 Å². The van der Waals surface area contributed by atoms with Crippen LogP contribution in [-0.4, -0.2) is 20.3 Å². The molecule has 0 spiro atoms. The molecule has 0 saturated heterocycles. The minimum absolute atomic E-state index is 0.544. The second-order valence-corrected chi connectivity index (χ2v) is 9.55. The van der Waals surface area contributed by atoms with E-state index in [1.807, 2.05) is 0 Å². The second kappa shape index (κ2) is 6.77. The predicted octanol–water partition coefficient (Wildman–Crippen LogP) is 5.16. The molecule has 4 aliphatic rings. The van der Waals surface area contributed by atoms with E-state index in [1.165, 1.54) is 44.1 Å². The van der Waals surface area contributed by atoms with Crippen LogP contribution in [0.2, 0.25) is 0 Å². The Morgan fingerprint density at radius 1 is 1.08 bits per heavy atom. The van der Waals surface area contributed by atoms with E-state index in [9.17, 15) is 0 Å². The Balaban J connectivity index is 1.46. The Morgan fingerprint density at radius 2 is 1.68 bits per heavy atom. The summed E-state index contributed by atoms with van der Waals surface area (Å²) in [5, 5.41) is 3.85. The Kier molecular flexibility index (Phi) is 4.78. The van der Waals surface area contributed by atoms with Gasteiger partial charge in [0.25, 0.3) is 0 Å². The third kappa shape index (κ3) is 3.21. The number of hydrogen-bond acceptors (Lipinski definition) is 3. The number of methoxy groups -OCH3 is 2. The maximum Gasteiger partial charge on any atom is 0.174 e. The van der Waals surface area contributed by atoms with Crippen molar-refractivity contribution in [2.45, 2.75) is 58.0 Å². The highest BCUT2D eigenvalue weighted by Crippen LogP contribution is 2.61. The van der Waals surface area contributed by atoms with Gasteiger partial charge >= 0.3 is 0 Å². The average molecular weight is 408 g/mol. The summed E-state index contributed by atoms with van der Waals surface area (Å²) in [6.07, 6.45) is 8.87. The minimum Gasteiger partial charge on any atom is -0.493 e. The lowest BCUT2D eigenvalue weighted by atomic mass is 9.48.